The number of hydrogen-bond acceptors (Lipinski definition) is 6. The van der Waals surface area contributed by atoms with Gasteiger partial charge < -0.3 is 31.1 Å². The average molecular weight is 924 g/mol. The number of aliphatic hydroxyl groups is 1. The minimum absolute atomic E-state index is 0. The van der Waals surface area contributed by atoms with Crippen molar-refractivity contribution in [3.05, 3.63) is 73.9 Å². The minimum atomic E-state index is -3.67. The number of nitrogens with zero attached hydrogens (tertiary/aromatic N) is 2. The smallest absolute Gasteiger partial charge is 1.00 e. The molecule has 2 aromatic carbocycles. The van der Waals surface area contributed by atoms with Crippen LogP contribution in [0.2, 0.25) is 49.3 Å². The van der Waals surface area contributed by atoms with E-state index in [9.17, 15) is 21.7 Å². The summed E-state index contributed by atoms with van der Waals surface area (Å²) in [4.78, 5) is 0. The third-order valence-electron chi connectivity index (χ3n) is 7.04. The number of nitriles is 1. The fraction of sp³-hybridized carbons (Fsp3) is 0.639. The van der Waals surface area contributed by atoms with Gasteiger partial charge in [0.25, 0.3) is 0 Å². The van der Waals surface area contributed by atoms with Gasteiger partial charge in [-0.25, -0.2) is 8.78 Å². The first-order valence-corrected chi connectivity index (χ1v) is 25.9. The summed E-state index contributed by atoms with van der Waals surface area (Å²) in [5, 5.41) is 18.3. The van der Waals surface area contributed by atoms with E-state index in [1.165, 1.54) is 43.2 Å². The molecular weight excluding hydrogens is 864 g/mol. The summed E-state index contributed by atoms with van der Waals surface area (Å²) in [5.41, 5.74) is 6.15. The molecule has 2 aromatic rings. The van der Waals surface area contributed by atoms with Gasteiger partial charge in [-0.3, -0.25) is 12.9 Å². The third-order valence-corrected chi connectivity index (χ3v) is 13.2. The van der Waals surface area contributed by atoms with Crippen LogP contribution >= 0.6 is 34.8 Å². The molecule has 3 aliphatic rings. The molecular formula is C36H60B2Cl3F5N3Na2O4Si2. The molecule has 3 fully saturated rings. The third kappa shape index (κ3) is 37.1. The molecule has 21 heteroatoms. The maximum absolute atomic E-state index is 13.6. The number of aliphatic hydroxyl groups excluding tert-OH is 1. The Morgan fingerprint density at radius 2 is 1.42 bits per heavy atom. The fourth-order valence-corrected chi connectivity index (χ4v) is 13.4. The molecule has 2 heterocycles. The van der Waals surface area contributed by atoms with Crippen molar-refractivity contribution in [1.82, 2.24) is 0 Å². The second-order valence-corrected chi connectivity index (χ2v) is 24.8. The number of nitrogens with two attached hydrogens (primary N) is 1. The van der Waals surface area contributed by atoms with Crippen LogP contribution in [0.25, 0.3) is 4.65 Å². The van der Waals surface area contributed by atoms with Crippen LogP contribution in [0, 0.1) is 28.9 Å². The summed E-state index contributed by atoms with van der Waals surface area (Å²) >= 11 is 16.7. The van der Waals surface area contributed by atoms with E-state index >= 15 is 0 Å². The van der Waals surface area contributed by atoms with Crippen molar-refractivity contribution < 1.29 is 102 Å². The van der Waals surface area contributed by atoms with E-state index in [2.05, 4.69) is 39.3 Å². The molecule has 2 aliphatic heterocycles. The van der Waals surface area contributed by atoms with Gasteiger partial charge in [0.2, 0.25) is 0 Å². The first-order chi connectivity index (χ1) is 25.2. The van der Waals surface area contributed by atoms with Gasteiger partial charge in [-0.05, 0) is 81.0 Å². The maximum Gasteiger partial charge on any atom is 1.00 e. The molecule has 1 aliphatic carbocycles. The van der Waals surface area contributed by atoms with E-state index in [0.717, 1.165) is 39.5 Å². The molecule has 2 saturated heterocycles. The summed E-state index contributed by atoms with van der Waals surface area (Å²) < 4.78 is 74.7. The van der Waals surface area contributed by atoms with Crippen LogP contribution in [-0.4, -0.2) is 95.7 Å². The van der Waals surface area contributed by atoms with Gasteiger partial charge >= 0.3 is 66.7 Å². The predicted molar refractivity (Wildman–Crippen MR) is 227 cm³/mol. The Morgan fingerprint density at radius 1 is 0.965 bits per heavy atom. The van der Waals surface area contributed by atoms with Crippen molar-refractivity contribution in [2.24, 2.45) is 11.7 Å². The Balaban J connectivity index is -0.000000142. The number of epoxide rings is 1. The van der Waals surface area contributed by atoms with Crippen LogP contribution in [0.1, 0.15) is 45.7 Å². The van der Waals surface area contributed by atoms with Gasteiger partial charge in [0.15, 0.2) is 0 Å². The monoisotopic (exact) mass is 922 g/mol. The van der Waals surface area contributed by atoms with Crippen molar-refractivity contribution in [2.45, 2.75) is 90.3 Å². The zero-order valence-electron chi connectivity index (χ0n) is 36.4. The molecule has 0 bridgehead atoms. The standard InChI is InChI=1S/C11H13ClFNO.C8H5ClFN.C6H18NSi2.C4H8O.C4H10O.C3H5ClO.BF3.B.2Na.H/c12-8-1-2-10(13)9(3-8)11(6-14)4-7(11)5-15;9-7-1-2-8(10)6(5-7)3-4-11;1-8(2,3)7-9(4,5)6;1-2-4-5-3-1;1-3-5-4-2;4-1-3-2-5-3;2-1(3)4;;;;/h1-3,7,15H,4-6,14H2;1-2,5H,3H2;1-6H3;1-4H2;3-4H2,1-2H3;3H,1-2H2;;;;;/q;;-1;;;;;;2*+1;-1/t7-,11-;;;;;3-;;;;;/m0....0...../s1. The van der Waals surface area contributed by atoms with Gasteiger partial charge in [0, 0.05) is 69.0 Å². The molecule has 0 unspecified atom stereocenters. The summed E-state index contributed by atoms with van der Waals surface area (Å²) in [7, 11) is -5.88. The van der Waals surface area contributed by atoms with Gasteiger partial charge in [-0.15, -0.1) is 11.6 Å². The summed E-state index contributed by atoms with van der Waals surface area (Å²) in [6.45, 7) is 22.7. The first-order valence-electron chi connectivity index (χ1n) is 17.7. The van der Waals surface area contributed by atoms with Crippen LogP contribution in [-0.2, 0) is 26.0 Å². The van der Waals surface area contributed by atoms with Crippen LogP contribution in [0.4, 0.5) is 21.7 Å². The van der Waals surface area contributed by atoms with E-state index in [1.54, 1.807) is 6.07 Å². The van der Waals surface area contributed by atoms with Crippen molar-refractivity contribution >= 4 is 67.2 Å². The average Bonchev–Trinajstić information content (AvgIpc) is 3.98. The topological polar surface area (TPSA) is 115 Å². The molecule has 0 aromatic heterocycles. The Bertz CT molecular complexity index is 1320. The van der Waals surface area contributed by atoms with Gasteiger partial charge in [-0.2, -0.15) is 5.26 Å². The summed E-state index contributed by atoms with van der Waals surface area (Å²) in [6, 6.07) is 10.5. The zero-order valence-corrected chi connectivity index (χ0v) is 43.7. The molecule has 3 N–H and O–H groups in total. The van der Waals surface area contributed by atoms with Crippen LogP contribution < -0.4 is 64.8 Å². The molecule has 3 radical (unpaired) electrons. The van der Waals surface area contributed by atoms with E-state index in [-0.39, 0.29) is 99.5 Å². The number of ether oxygens (including phenoxy) is 3. The number of halogens is 8. The minimum Gasteiger partial charge on any atom is -1.00 e. The van der Waals surface area contributed by atoms with E-state index in [4.69, 9.17) is 69.8 Å². The van der Waals surface area contributed by atoms with Gasteiger partial charge in [0.1, 0.15) is 11.6 Å². The van der Waals surface area contributed by atoms with E-state index in [1.807, 2.05) is 19.9 Å². The van der Waals surface area contributed by atoms with Gasteiger partial charge in [-0.1, -0.05) is 79.0 Å². The number of alkyl halides is 1. The van der Waals surface area contributed by atoms with E-state index < -0.39 is 29.4 Å². The SMILES string of the molecule is C1CCOC1.CCOCC.C[Si](C)(C)[N-][Si](C)(C)C.ClC[C@H]1CO1.FB(F)F.N#CCc1cc(Cl)ccc1F.NC[C@@]1(c2cc(Cl)ccc2F)C[C@H]1CO.[B].[H-].[Na+].[Na+]. The normalized spacial score (nSPS) is 18.0. The summed E-state index contributed by atoms with van der Waals surface area (Å²) in [6.07, 6.45) is 3.75. The predicted octanol–water partition coefficient (Wildman–Crippen LogP) is 4.35. The molecule has 1 saturated carbocycles. The molecule has 0 amide bonds. The molecule has 7 nitrogen and oxygen atoms in total. The molecule has 3 atom stereocenters. The van der Waals surface area contributed by atoms with E-state index in [0.29, 0.717) is 39.7 Å². The Hall–Kier alpha value is 0.774. The largest absolute Gasteiger partial charge is 1.00 e. The second kappa shape index (κ2) is 37.3. The van der Waals surface area contributed by atoms with Gasteiger partial charge in [0.05, 0.1) is 31.1 Å². The first kappa shape index (κ1) is 66.9. The second-order valence-electron chi connectivity index (χ2n) is 14.1. The quantitative estimate of drug-likeness (QED) is 0.168. The molecule has 315 valence electrons. The van der Waals surface area contributed by atoms with Crippen molar-refractivity contribution in [1.29, 1.82) is 5.26 Å². The molecule has 0 spiro atoms. The van der Waals surface area contributed by atoms with Crippen LogP contribution in [0.15, 0.2) is 36.4 Å². The number of hydrogen-bond donors (Lipinski definition) is 2. The Labute approximate surface area is 404 Å². The fourth-order valence-electron chi connectivity index (χ4n) is 4.83. The van der Waals surface area contributed by atoms with Crippen LogP contribution in [0.5, 0.6) is 0 Å². The van der Waals surface area contributed by atoms with Crippen molar-refractivity contribution in [3.63, 3.8) is 0 Å². The molecule has 5 rings (SSSR count). The van der Waals surface area contributed by atoms with Crippen molar-refractivity contribution in [3.8, 4) is 6.07 Å². The number of rotatable bonds is 9. The maximum atomic E-state index is 13.6. The Morgan fingerprint density at radius 3 is 1.68 bits per heavy atom. The number of benzene rings is 2. The molecule has 57 heavy (non-hydrogen) atoms. The summed E-state index contributed by atoms with van der Waals surface area (Å²) in [5.74, 6) is 0.0622. The van der Waals surface area contributed by atoms with Crippen LogP contribution in [0.3, 0.4) is 0 Å². The van der Waals surface area contributed by atoms with Crippen molar-refractivity contribution in [2.75, 3.05) is 52.1 Å². The zero-order chi connectivity index (χ0) is 42.0. The Kier molecular flexibility index (Phi) is 43.8.